The van der Waals surface area contributed by atoms with Crippen LogP contribution in [0.2, 0.25) is 0 Å². The number of anilines is 2. The van der Waals surface area contributed by atoms with Crippen molar-refractivity contribution in [1.82, 2.24) is 0 Å². The van der Waals surface area contributed by atoms with Gasteiger partial charge in [0.15, 0.2) is 17.5 Å². The predicted molar refractivity (Wildman–Crippen MR) is 129 cm³/mol. The van der Waals surface area contributed by atoms with Gasteiger partial charge in [0.25, 0.3) is 0 Å². The summed E-state index contributed by atoms with van der Waals surface area (Å²) in [7, 11) is 3.90. The Kier molecular flexibility index (Phi) is 5.09. The number of likely N-dealkylation sites (N-methyl/N-ethyl adjacent to an activating group) is 1. The Morgan fingerprint density at radius 1 is 1.09 bits per heavy atom. The molecule has 0 saturated carbocycles. The molecule has 0 radical (unpaired) electrons. The smallest absolute Gasteiger partial charge is 0.231 e. The quantitative estimate of drug-likeness (QED) is 0.592. The molecule has 6 heteroatoms. The highest BCUT2D eigenvalue weighted by molar-refractivity contribution is 7.99. The van der Waals surface area contributed by atoms with Gasteiger partial charge in [0, 0.05) is 16.2 Å². The lowest BCUT2D eigenvalue weighted by Crippen LogP contribution is -3.10. The van der Waals surface area contributed by atoms with Crippen LogP contribution in [0.15, 0.2) is 64.4 Å². The predicted octanol–water partition coefficient (Wildman–Crippen LogP) is 3.84. The van der Waals surface area contributed by atoms with Crippen LogP contribution in [0.25, 0.3) is 0 Å². The first-order valence-electron chi connectivity index (χ1n) is 11.2. The van der Waals surface area contributed by atoms with Gasteiger partial charge in [-0.3, -0.25) is 0 Å². The van der Waals surface area contributed by atoms with E-state index in [2.05, 4.69) is 78.4 Å². The van der Waals surface area contributed by atoms with Crippen LogP contribution in [0.1, 0.15) is 17.2 Å². The van der Waals surface area contributed by atoms with Crippen molar-refractivity contribution in [3.8, 4) is 29.1 Å². The zero-order valence-electron chi connectivity index (χ0n) is 18.7. The summed E-state index contributed by atoms with van der Waals surface area (Å²) in [6.07, 6.45) is 0.969. The molecular weight excluding hydrogens is 432 g/mol. The monoisotopic (exact) mass is 457 g/mol. The molecule has 3 aliphatic rings. The van der Waals surface area contributed by atoms with Gasteiger partial charge in [-0.1, -0.05) is 41.9 Å². The minimum Gasteiger partial charge on any atom is -0.492 e. The molecule has 1 N–H and O–H groups in total. The van der Waals surface area contributed by atoms with Crippen molar-refractivity contribution >= 4 is 23.1 Å². The number of ether oxygens (including phenoxy) is 3. The van der Waals surface area contributed by atoms with E-state index in [-0.39, 0.29) is 12.8 Å². The molecular formula is C27H25N2O3S+. The lowest BCUT2D eigenvalue weighted by atomic mass is 9.91. The van der Waals surface area contributed by atoms with E-state index in [9.17, 15) is 0 Å². The van der Waals surface area contributed by atoms with Crippen LogP contribution >= 0.6 is 11.8 Å². The molecule has 166 valence electrons. The van der Waals surface area contributed by atoms with Crippen LogP contribution in [-0.4, -0.2) is 34.0 Å². The van der Waals surface area contributed by atoms with Gasteiger partial charge >= 0.3 is 0 Å². The summed E-state index contributed by atoms with van der Waals surface area (Å²) in [4.78, 5) is 6.21. The number of benzene rings is 3. The molecule has 33 heavy (non-hydrogen) atoms. The number of quaternary nitrogens is 1. The zero-order valence-corrected chi connectivity index (χ0v) is 19.5. The Morgan fingerprint density at radius 2 is 1.82 bits per heavy atom. The van der Waals surface area contributed by atoms with Crippen molar-refractivity contribution < 1.29 is 19.1 Å². The largest absolute Gasteiger partial charge is 0.492 e. The molecule has 3 aromatic carbocycles. The van der Waals surface area contributed by atoms with Crippen molar-refractivity contribution in [2.75, 3.05) is 38.9 Å². The summed E-state index contributed by atoms with van der Waals surface area (Å²) in [5.41, 5.74) is 4.79. The van der Waals surface area contributed by atoms with Crippen LogP contribution in [0, 0.1) is 11.8 Å². The maximum Gasteiger partial charge on any atom is 0.231 e. The van der Waals surface area contributed by atoms with Gasteiger partial charge in [0.05, 0.1) is 44.2 Å². The third-order valence-electron chi connectivity index (χ3n) is 6.53. The minimum atomic E-state index is 0.0165. The summed E-state index contributed by atoms with van der Waals surface area (Å²) in [6.45, 7) is 1.88. The first kappa shape index (κ1) is 20.3. The summed E-state index contributed by atoms with van der Waals surface area (Å²) < 4.78 is 17.2. The van der Waals surface area contributed by atoms with Crippen LogP contribution in [0.3, 0.4) is 0 Å². The number of nitrogens with one attached hydrogen (secondary N) is 1. The van der Waals surface area contributed by atoms with Crippen LogP contribution in [0.5, 0.6) is 17.2 Å². The van der Waals surface area contributed by atoms with Crippen molar-refractivity contribution in [3.05, 3.63) is 65.7 Å². The molecule has 3 heterocycles. The molecule has 0 aromatic heterocycles. The molecule has 0 aliphatic carbocycles. The van der Waals surface area contributed by atoms with Gasteiger partial charge in [0.1, 0.15) is 0 Å². The van der Waals surface area contributed by atoms with Gasteiger partial charge in [-0.15, -0.1) is 0 Å². The molecule has 0 bridgehead atoms. The lowest BCUT2D eigenvalue weighted by Gasteiger charge is -2.31. The fourth-order valence-electron chi connectivity index (χ4n) is 4.90. The van der Waals surface area contributed by atoms with Crippen molar-refractivity contribution in [2.45, 2.75) is 22.3 Å². The highest BCUT2D eigenvalue weighted by Crippen LogP contribution is 2.48. The zero-order chi connectivity index (χ0) is 22.4. The van der Waals surface area contributed by atoms with E-state index in [0.717, 1.165) is 30.0 Å². The minimum absolute atomic E-state index is 0.0165. The summed E-state index contributed by atoms with van der Waals surface area (Å²) in [5.74, 6) is 9.35. The molecule has 3 aromatic rings. The molecule has 6 rings (SSSR count). The first-order valence-corrected chi connectivity index (χ1v) is 12.0. The van der Waals surface area contributed by atoms with E-state index in [4.69, 9.17) is 14.2 Å². The molecule has 0 fully saturated rings. The van der Waals surface area contributed by atoms with Crippen molar-refractivity contribution in [2.24, 2.45) is 0 Å². The molecule has 0 spiro atoms. The molecule has 5 nitrogen and oxygen atoms in total. The van der Waals surface area contributed by atoms with E-state index in [1.54, 1.807) is 7.11 Å². The first-order chi connectivity index (χ1) is 16.2. The normalized spacial score (nSPS) is 19.6. The van der Waals surface area contributed by atoms with E-state index < -0.39 is 0 Å². The second kappa shape index (κ2) is 8.26. The molecule has 2 atom stereocenters. The van der Waals surface area contributed by atoms with Gasteiger partial charge in [-0.25, -0.2) is 0 Å². The highest BCUT2D eigenvalue weighted by Gasteiger charge is 2.35. The SMILES string of the molecule is COc1c2c(cc3c1[C@H](C#CCN1c4ccccc4Sc4ccccc41)[NH+](C)CC3)OCO2. The average Bonchev–Trinajstić information content (AvgIpc) is 3.32. The highest BCUT2D eigenvalue weighted by atomic mass is 32.2. The van der Waals surface area contributed by atoms with Gasteiger partial charge in [0.2, 0.25) is 12.5 Å². The fourth-order valence-corrected chi connectivity index (χ4v) is 6.00. The Balaban J connectivity index is 1.37. The number of fused-ring (bicyclic) bond motifs is 4. The Morgan fingerprint density at radius 3 is 2.55 bits per heavy atom. The Hall–Kier alpha value is -3.27. The topological polar surface area (TPSA) is 35.4 Å². The molecule has 3 aliphatic heterocycles. The molecule has 1 unspecified atom stereocenters. The lowest BCUT2D eigenvalue weighted by molar-refractivity contribution is -0.905. The summed E-state index contributed by atoms with van der Waals surface area (Å²) in [6, 6.07) is 19.2. The number of methoxy groups -OCH3 is 1. The van der Waals surface area contributed by atoms with E-state index in [0.29, 0.717) is 12.3 Å². The number of nitrogens with zero attached hydrogens (tertiary/aromatic N) is 1. The molecule has 0 saturated heterocycles. The van der Waals surface area contributed by atoms with E-state index in [1.807, 2.05) is 11.8 Å². The number of rotatable bonds is 2. The van der Waals surface area contributed by atoms with Crippen LogP contribution < -0.4 is 24.0 Å². The number of hydrogen-bond acceptors (Lipinski definition) is 5. The second-order valence-corrected chi connectivity index (χ2v) is 9.52. The Bertz CT molecular complexity index is 1250. The maximum atomic E-state index is 5.82. The third-order valence-corrected chi connectivity index (χ3v) is 7.66. The Labute approximate surface area is 198 Å². The van der Waals surface area contributed by atoms with Crippen molar-refractivity contribution in [3.63, 3.8) is 0 Å². The standard InChI is InChI=1S/C27H24N2O3S/c1-28-15-13-18-16-22-26(32-17-31-22)27(30-2)25(18)21(28)10-7-14-29-19-8-3-5-11-23(19)33-24-12-6-4-9-20(24)29/h3-6,8-9,11-12,16,21H,13-15,17H2,1-2H3/p+1/t21-/m0/s1. The fraction of sp³-hybridized carbons (Fsp3) is 0.259. The van der Waals surface area contributed by atoms with Gasteiger partial charge in [-0.2, -0.15) is 0 Å². The van der Waals surface area contributed by atoms with E-state index in [1.165, 1.54) is 31.6 Å². The van der Waals surface area contributed by atoms with Crippen LogP contribution in [-0.2, 0) is 6.42 Å². The second-order valence-electron chi connectivity index (χ2n) is 8.44. The summed E-state index contributed by atoms with van der Waals surface area (Å²) in [5, 5.41) is 0. The third kappa shape index (κ3) is 3.40. The maximum absolute atomic E-state index is 5.82. The van der Waals surface area contributed by atoms with Gasteiger partial charge < -0.3 is 24.0 Å². The van der Waals surface area contributed by atoms with Crippen LogP contribution in [0.4, 0.5) is 11.4 Å². The number of para-hydroxylation sites is 2. The number of hydrogen-bond donors (Lipinski definition) is 1. The summed E-state index contributed by atoms with van der Waals surface area (Å²) >= 11 is 1.82. The average molecular weight is 458 g/mol. The van der Waals surface area contributed by atoms with Crippen molar-refractivity contribution in [1.29, 1.82) is 0 Å². The van der Waals surface area contributed by atoms with Gasteiger partial charge in [-0.05, 0) is 41.8 Å². The van der Waals surface area contributed by atoms with E-state index >= 15 is 0 Å². The molecule has 0 amide bonds.